The quantitative estimate of drug-likeness (QED) is 0.844. The molecule has 0 bridgehead atoms. The van der Waals surface area contributed by atoms with Crippen molar-refractivity contribution in [1.29, 1.82) is 0 Å². The van der Waals surface area contributed by atoms with E-state index in [2.05, 4.69) is 10.2 Å². The van der Waals surface area contributed by atoms with Gasteiger partial charge >= 0.3 is 0 Å². The molecule has 6 nitrogen and oxygen atoms in total. The molecule has 1 amide bonds. The maximum Gasteiger partial charge on any atom is 0.229 e. The smallest absolute Gasteiger partial charge is 0.229 e. The molecular formula is C18H22N4O2. The van der Waals surface area contributed by atoms with Gasteiger partial charge in [0.25, 0.3) is 0 Å². The first-order chi connectivity index (χ1) is 11.7. The van der Waals surface area contributed by atoms with Gasteiger partial charge in [-0.1, -0.05) is 18.2 Å². The van der Waals surface area contributed by atoms with Gasteiger partial charge in [0, 0.05) is 26.1 Å². The summed E-state index contributed by atoms with van der Waals surface area (Å²) in [5.74, 6) is 2.27. The summed E-state index contributed by atoms with van der Waals surface area (Å²) in [6.07, 6.45) is 4.55. The van der Waals surface area contributed by atoms with E-state index in [4.69, 9.17) is 4.74 Å². The lowest BCUT2D eigenvalue weighted by atomic mass is 9.92. The molecule has 6 heteroatoms. The highest BCUT2D eigenvalue weighted by atomic mass is 16.5. The van der Waals surface area contributed by atoms with E-state index in [-0.39, 0.29) is 17.7 Å². The summed E-state index contributed by atoms with van der Waals surface area (Å²) >= 11 is 0. The van der Waals surface area contributed by atoms with Crippen LogP contribution in [0.4, 0.5) is 0 Å². The molecule has 24 heavy (non-hydrogen) atoms. The Balaban J connectivity index is 1.46. The minimum absolute atomic E-state index is 0.0850. The number of hydrogen-bond acceptors (Lipinski definition) is 4. The Labute approximate surface area is 141 Å². The second kappa shape index (κ2) is 6.26. The molecule has 0 N–H and O–H groups in total. The Morgan fingerprint density at radius 3 is 3.04 bits per heavy atom. The highest BCUT2D eigenvalue weighted by Gasteiger charge is 2.33. The molecule has 2 aromatic rings. The average Bonchev–Trinajstić information content (AvgIpc) is 3.07. The van der Waals surface area contributed by atoms with Gasteiger partial charge in [-0.2, -0.15) is 0 Å². The molecule has 1 saturated heterocycles. The van der Waals surface area contributed by atoms with E-state index in [9.17, 15) is 4.79 Å². The maximum absolute atomic E-state index is 13.0. The fourth-order valence-corrected chi connectivity index (χ4v) is 3.79. The Kier molecular flexibility index (Phi) is 3.96. The van der Waals surface area contributed by atoms with E-state index in [1.54, 1.807) is 6.33 Å². The molecule has 2 aliphatic rings. The van der Waals surface area contributed by atoms with Gasteiger partial charge in [0.2, 0.25) is 5.91 Å². The molecule has 2 atom stereocenters. The van der Waals surface area contributed by atoms with Crippen molar-refractivity contribution < 1.29 is 9.53 Å². The number of rotatable bonds is 2. The maximum atomic E-state index is 13.0. The van der Waals surface area contributed by atoms with Crippen LogP contribution in [0, 0.1) is 5.92 Å². The standard InChI is InChI=1S/C18H22N4O2/c1-21-12-19-20-17(21)14-6-4-8-22(10-14)18(23)15-9-13-5-2-3-7-16(13)24-11-15/h2-3,5,7,12,14-15H,4,6,8-11H2,1H3/t14-,15+/m1/s1. The van der Waals surface area contributed by atoms with Gasteiger partial charge in [-0.3, -0.25) is 4.79 Å². The van der Waals surface area contributed by atoms with Crippen molar-refractivity contribution in [1.82, 2.24) is 19.7 Å². The van der Waals surface area contributed by atoms with Crippen LogP contribution in [0.1, 0.15) is 30.1 Å². The highest BCUT2D eigenvalue weighted by Crippen LogP contribution is 2.30. The molecule has 1 aromatic carbocycles. The van der Waals surface area contributed by atoms with Crippen LogP contribution in [0.15, 0.2) is 30.6 Å². The number of carbonyl (C=O) groups excluding carboxylic acids is 1. The summed E-state index contributed by atoms with van der Waals surface area (Å²) in [6, 6.07) is 7.99. The Morgan fingerprint density at radius 1 is 1.33 bits per heavy atom. The van der Waals surface area contributed by atoms with Gasteiger partial charge in [0.1, 0.15) is 24.5 Å². The number of benzene rings is 1. The lowest BCUT2D eigenvalue weighted by Crippen LogP contribution is -2.45. The van der Waals surface area contributed by atoms with E-state index in [0.29, 0.717) is 6.61 Å². The van der Waals surface area contributed by atoms with Crippen LogP contribution in [-0.2, 0) is 18.3 Å². The summed E-state index contributed by atoms with van der Waals surface area (Å²) < 4.78 is 7.75. The number of amides is 1. The number of aromatic nitrogens is 3. The molecule has 0 saturated carbocycles. The number of piperidine rings is 1. The predicted octanol–water partition coefficient (Wildman–Crippen LogP) is 1.77. The second-order valence-electron chi connectivity index (χ2n) is 6.74. The van der Waals surface area contributed by atoms with Gasteiger partial charge < -0.3 is 14.2 Å². The zero-order valence-electron chi connectivity index (χ0n) is 13.9. The second-order valence-corrected chi connectivity index (χ2v) is 6.74. The van der Waals surface area contributed by atoms with E-state index >= 15 is 0 Å². The number of hydrogen-bond donors (Lipinski definition) is 0. The topological polar surface area (TPSA) is 60.2 Å². The zero-order valence-corrected chi connectivity index (χ0v) is 13.9. The van der Waals surface area contributed by atoms with Crippen molar-refractivity contribution >= 4 is 5.91 Å². The summed E-state index contributed by atoms with van der Waals surface area (Å²) in [5, 5.41) is 8.20. The lowest BCUT2D eigenvalue weighted by Gasteiger charge is -2.35. The van der Waals surface area contributed by atoms with Crippen LogP contribution < -0.4 is 4.74 Å². The molecule has 0 radical (unpaired) electrons. The van der Waals surface area contributed by atoms with Gasteiger partial charge in [-0.05, 0) is 30.9 Å². The third-order valence-electron chi connectivity index (χ3n) is 5.07. The van der Waals surface area contributed by atoms with Crippen LogP contribution in [0.5, 0.6) is 5.75 Å². The highest BCUT2D eigenvalue weighted by molar-refractivity contribution is 5.80. The van der Waals surface area contributed by atoms with Crippen LogP contribution in [0.25, 0.3) is 0 Å². The Morgan fingerprint density at radius 2 is 2.21 bits per heavy atom. The minimum atomic E-state index is -0.0850. The Bertz CT molecular complexity index is 742. The SMILES string of the molecule is Cn1cnnc1[C@@H]1CCCN(C(=O)[C@@H]2COc3ccccc3C2)C1. The zero-order chi connectivity index (χ0) is 16.5. The lowest BCUT2D eigenvalue weighted by molar-refractivity contribution is -0.138. The fourth-order valence-electron chi connectivity index (χ4n) is 3.79. The molecule has 4 rings (SSSR count). The van der Waals surface area contributed by atoms with Crippen LogP contribution in [0.2, 0.25) is 0 Å². The summed E-state index contributed by atoms with van der Waals surface area (Å²) in [6.45, 7) is 2.02. The number of aryl methyl sites for hydroxylation is 1. The van der Waals surface area contributed by atoms with Crippen molar-refractivity contribution in [2.75, 3.05) is 19.7 Å². The predicted molar refractivity (Wildman–Crippen MR) is 88.7 cm³/mol. The number of fused-ring (bicyclic) bond motifs is 1. The molecule has 1 aromatic heterocycles. The third kappa shape index (κ3) is 2.77. The number of likely N-dealkylation sites (tertiary alicyclic amines) is 1. The van der Waals surface area contributed by atoms with Crippen molar-refractivity contribution in [2.24, 2.45) is 13.0 Å². The van der Waals surface area contributed by atoms with Crippen molar-refractivity contribution in [2.45, 2.75) is 25.2 Å². The van der Waals surface area contributed by atoms with Crippen LogP contribution >= 0.6 is 0 Å². The largest absolute Gasteiger partial charge is 0.492 e. The van der Waals surface area contributed by atoms with Crippen molar-refractivity contribution in [3.8, 4) is 5.75 Å². The summed E-state index contributed by atoms with van der Waals surface area (Å²) in [7, 11) is 1.96. The van der Waals surface area contributed by atoms with E-state index in [0.717, 1.165) is 49.5 Å². The van der Waals surface area contributed by atoms with E-state index in [1.165, 1.54) is 0 Å². The van der Waals surface area contributed by atoms with Gasteiger partial charge in [0.15, 0.2) is 0 Å². The van der Waals surface area contributed by atoms with Crippen molar-refractivity contribution in [3.63, 3.8) is 0 Å². The first-order valence-electron chi connectivity index (χ1n) is 8.56. The van der Waals surface area contributed by atoms with Crippen LogP contribution in [-0.4, -0.2) is 45.3 Å². The van der Waals surface area contributed by atoms with Gasteiger partial charge in [-0.25, -0.2) is 0 Å². The first kappa shape index (κ1) is 15.2. The van der Waals surface area contributed by atoms with Gasteiger partial charge in [0.05, 0.1) is 5.92 Å². The van der Waals surface area contributed by atoms with E-state index in [1.807, 2.05) is 40.8 Å². The third-order valence-corrected chi connectivity index (χ3v) is 5.07. The summed E-state index contributed by atoms with van der Waals surface area (Å²) in [4.78, 5) is 15.0. The number of nitrogens with zero attached hydrogens (tertiary/aromatic N) is 4. The normalized spacial score (nSPS) is 23.5. The first-order valence-corrected chi connectivity index (χ1v) is 8.56. The monoisotopic (exact) mass is 326 g/mol. The molecule has 1 fully saturated rings. The minimum Gasteiger partial charge on any atom is -0.492 e. The Hall–Kier alpha value is -2.37. The fraction of sp³-hybridized carbons (Fsp3) is 0.500. The van der Waals surface area contributed by atoms with Gasteiger partial charge in [-0.15, -0.1) is 10.2 Å². The number of ether oxygens (including phenoxy) is 1. The molecular weight excluding hydrogens is 304 g/mol. The van der Waals surface area contributed by atoms with Crippen molar-refractivity contribution in [3.05, 3.63) is 42.0 Å². The number of carbonyl (C=O) groups is 1. The van der Waals surface area contributed by atoms with Crippen LogP contribution in [0.3, 0.4) is 0 Å². The van der Waals surface area contributed by atoms with E-state index < -0.39 is 0 Å². The molecule has 2 aliphatic heterocycles. The molecule has 0 spiro atoms. The molecule has 0 unspecified atom stereocenters. The number of para-hydroxylation sites is 1. The summed E-state index contributed by atoms with van der Waals surface area (Å²) in [5.41, 5.74) is 1.13. The molecule has 126 valence electrons. The molecule has 0 aliphatic carbocycles. The molecule has 3 heterocycles. The average molecular weight is 326 g/mol.